The predicted octanol–water partition coefficient (Wildman–Crippen LogP) is 19.9. The molecule has 5 fully saturated rings. The lowest BCUT2D eigenvalue weighted by Gasteiger charge is -2.23. The molecule has 0 atom stereocenters. The fourth-order valence-corrected chi connectivity index (χ4v) is 18.2. The van der Waals surface area contributed by atoms with E-state index < -0.39 is 0 Å². The molecule has 5 aliphatic rings. The van der Waals surface area contributed by atoms with Crippen LogP contribution in [0.5, 0.6) is 0 Å². The summed E-state index contributed by atoms with van der Waals surface area (Å²) in [5, 5.41) is 58.2. The molecule has 17 rings (SSSR count). The van der Waals surface area contributed by atoms with Crippen LogP contribution >= 0.6 is 45.3 Å². The Morgan fingerprint density at radius 3 is 0.884 bits per heavy atom. The lowest BCUT2D eigenvalue weighted by Crippen LogP contribution is -2.28. The van der Waals surface area contributed by atoms with Gasteiger partial charge in [-0.2, -0.15) is 20.4 Å². The number of ether oxygens (including phenoxy) is 2. The SMILES string of the molecule is CC(C)(C)c1cc(NC(=O)Nc2ncc(CCc3ccnc(NC(=O)C4CCC4)c3)s2)n(CC2CC2)n1.CCNC(=O)Nc1cc(CCc2cnc(NC(=O)Nc3cc(C(C)(C)C)nn3CC3CC3)s2)ccn1.COCC(=O)Nc1cc(CCc2cnc(NC(=O)Nc3cc(C(C)(C)C)nn3CC3CC3)s2)ccn1.COCCC(=O)Nc1cc(CCc2cnc(NC(=O)Nc3cc(C(C)(C)C)nn3CC3CC3)s2)ccn1. The van der Waals surface area contributed by atoms with E-state index in [9.17, 15) is 38.4 Å². The van der Waals surface area contributed by atoms with E-state index in [-0.39, 0.29) is 88.5 Å². The first-order valence-corrected chi connectivity index (χ1v) is 53.2. The summed E-state index contributed by atoms with van der Waals surface area (Å²) in [6, 6.07) is 21.5. The van der Waals surface area contributed by atoms with Crippen molar-refractivity contribution in [3.05, 3.63) is 187 Å². The first kappa shape index (κ1) is 108. The van der Waals surface area contributed by atoms with Gasteiger partial charge in [0.05, 0.1) is 35.8 Å². The molecule has 0 bridgehead atoms. The van der Waals surface area contributed by atoms with E-state index >= 15 is 0 Å². The molecule has 12 aromatic rings. The standard InChI is InChI=1S/C27H35N7O2S.C26H35N7O3S.C25H34N8O2S.C25H33N7O3S/c1-27(2,3)21-14-23(34(33-21)16-18-7-8-18)31-25(36)32-26-29-15-20(37-26)10-9-17-11-12-28-22(13-17)30-24(35)19-5-4-6-19;1-26(2,3)20-14-22(33(32-20)16-18-5-6-18)30-24(35)31-25-28-15-19(37-25)8-7-17-9-11-27-21(13-17)29-23(34)10-12-36-4;1-5-26-22(34)29-20-12-16(10-11-27-20)8-9-18-14-28-24(36-18)31-23(35)30-21-13-19(25(2,3)4)32-33(21)15-17-6-7-17;1-25(2,3)19-12-21(32(31-19)14-17-5-6-17)29-23(34)30-24-27-13-18(36-24)8-7-16-9-10-26-20(11-16)28-22(33)15-35-4/h11-15,18-19H,4-10,16H2,1-3H3,(H,28,30,35)(H2,29,31,32,36);9,11,13-15,18H,5-8,10,12,16H2,1-4H3,(H,27,29,34)(H2,28,30,31,35);10-14,17H,5-9,15H2,1-4H3,(H2,26,27,29,34)(H2,28,30,31,35);9-13,17H,5-8,14-15H2,1-4H3,(H,26,28,33)(H2,27,29,30,34). The Morgan fingerprint density at radius 2 is 0.623 bits per heavy atom. The topological polar surface area (TPSA) is 486 Å². The zero-order chi connectivity index (χ0) is 104. The van der Waals surface area contributed by atoms with Crippen LogP contribution in [-0.4, -0.2) is 161 Å². The van der Waals surface area contributed by atoms with Crippen molar-refractivity contribution in [3.8, 4) is 0 Å². The summed E-state index contributed by atoms with van der Waals surface area (Å²) < 4.78 is 17.4. The maximum atomic E-state index is 12.7. The Hall–Kier alpha value is -13.4. The Morgan fingerprint density at radius 1 is 0.336 bits per heavy atom. The molecule has 0 spiro atoms. The molecule has 13 amide bonds. The highest BCUT2D eigenvalue weighted by Gasteiger charge is 2.33. The summed E-state index contributed by atoms with van der Waals surface area (Å²) in [6.45, 7) is 31.4. The third-order valence-corrected chi connectivity index (χ3v) is 28.2. The van der Waals surface area contributed by atoms with Crippen LogP contribution in [0.4, 0.5) is 91.0 Å². The van der Waals surface area contributed by atoms with Crippen LogP contribution in [0.2, 0.25) is 0 Å². The third kappa shape index (κ3) is 35.0. The number of aryl methyl sites for hydroxylation is 8. The number of nitrogens with one attached hydrogen (secondary N) is 13. The highest BCUT2D eigenvalue weighted by Crippen LogP contribution is 2.39. The molecule has 43 heteroatoms. The quantitative estimate of drug-likeness (QED) is 0.0170. The van der Waals surface area contributed by atoms with Crippen molar-refractivity contribution in [1.29, 1.82) is 0 Å². The normalized spacial score (nSPS) is 14.0. The average molecular weight is 2070 g/mol. The molecule has 0 aromatic carbocycles. The fraction of sp³-hybridized carbons (Fsp3) is 0.495. The van der Waals surface area contributed by atoms with Gasteiger partial charge in [-0.1, -0.05) is 89.5 Å². The van der Waals surface area contributed by atoms with Gasteiger partial charge in [0.2, 0.25) is 11.8 Å². The number of nitrogens with zero attached hydrogens (tertiary/aromatic N) is 16. The van der Waals surface area contributed by atoms with Gasteiger partial charge in [-0.05, 0) is 217 Å². The minimum Gasteiger partial charge on any atom is -0.384 e. The van der Waals surface area contributed by atoms with Gasteiger partial charge in [-0.3, -0.25) is 62.2 Å². The number of methoxy groups -OCH3 is 2. The number of hydrogen-bond acceptors (Lipinski definition) is 26. The van der Waals surface area contributed by atoms with Gasteiger partial charge in [-0.15, -0.1) is 45.3 Å². The zero-order valence-corrected chi connectivity index (χ0v) is 89.2. The summed E-state index contributed by atoms with van der Waals surface area (Å²) in [5.41, 5.74) is 7.66. The van der Waals surface area contributed by atoms with Crippen LogP contribution < -0.4 is 69.1 Å². The number of aromatic nitrogens is 16. The van der Waals surface area contributed by atoms with Gasteiger partial charge in [0.1, 0.15) is 53.1 Å². The van der Waals surface area contributed by atoms with E-state index in [1.807, 2.05) is 98.4 Å². The number of amides is 13. The number of anilines is 12. The van der Waals surface area contributed by atoms with Crippen molar-refractivity contribution in [2.45, 2.75) is 266 Å². The van der Waals surface area contributed by atoms with E-state index in [0.717, 1.165) is 161 Å². The van der Waals surface area contributed by atoms with Gasteiger partial charge in [-0.25, -0.2) is 82.6 Å². The van der Waals surface area contributed by atoms with Gasteiger partial charge < -0.3 is 30.7 Å². The van der Waals surface area contributed by atoms with Crippen molar-refractivity contribution in [1.82, 2.24) is 84.3 Å². The van der Waals surface area contributed by atoms with E-state index in [1.54, 1.807) is 56.7 Å². The number of carbonyl (C=O) groups excluding carboxylic acids is 8. The van der Waals surface area contributed by atoms with Crippen molar-refractivity contribution in [2.24, 2.45) is 29.6 Å². The van der Waals surface area contributed by atoms with E-state index in [1.165, 1.54) is 104 Å². The molecule has 13 N–H and O–H groups in total. The minimum absolute atomic E-state index is 0.0171. The maximum absolute atomic E-state index is 12.7. The molecular formula is C103H137N29O10S4. The average Bonchev–Trinajstić information content (AvgIpc) is 1.67. The highest BCUT2D eigenvalue weighted by molar-refractivity contribution is 7.16. The first-order chi connectivity index (χ1) is 69.8. The van der Waals surface area contributed by atoms with Gasteiger partial charge in [0.25, 0.3) is 5.91 Å². The maximum Gasteiger partial charge on any atom is 0.326 e. The minimum atomic E-state index is -0.334. The molecule has 0 aliphatic heterocycles. The Balaban J connectivity index is 0.000000154. The number of rotatable bonds is 39. The predicted molar refractivity (Wildman–Crippen MR) is 575 cm³/mol. The van der Waals surface area contributed by atoms with E-state index in [2.05, 4.69) is 192 Å². The smallest absolute Gasteiger partial charge is 0.326 e. The number of urea groups is 5. The molecule has 0 saturated heterocycles. The molecule has 39 nitrogen and oxygen atoms in total. The fourth-order valence-electron chi connectivity index (χ4n) is 15.0. The molecular weight excluding hydrogens is 1930 g/mol. The van der Waals surface area contributed by atoms with Crippen LogP contribution in [0.25, 0.3) is 0 Å². The third-order valence-electron chi connectivity index (χ3n) is 24.4. The van der Waals surface area contributed by atoms with Crippen LogP contribution in [0, 0.1) is 29.6 Å². The molecule has 146 heavy (non-hydrogen) atoms. The van der Waals surface area contributed by atoms with Crippen LogP contribution in [0.15, 0.2) is 122 Å². The monoisotopic (exact) mass is 2070 g/mol. The van der Waals surface area contributed by atoms with E-state index in [4.69, 9.17) is 29.9 Å². The molecule has 5 aliphatic carbocycles. The summed E-state index contributed by atoms with van der Waals surface area (Å²) in [5.74, 6) is 7.34. The summed E-state index contributed by atoms with van der Waals surface area (Å²) in [7, 11) is 3.03. The number of carbonyl (C=O) groups is 8. The Bertz CT molecular complexity index is 6250. The Labute approximate surface area is 867 Å². The van der Waals surface area contributed by atoms with Crippen LogP contribution in [0.3, 0.4) is 0 Å². The zero-order valence-electron chi connectivity index (χ0n) is 85.9. The summed E-state index contributed by atoms with van der Waals surface area (Å²) >= 11 is 5.79. The molecule has 0 radical (unpaired) electrons. The molecule has 0 unspecified atom stereocenters. The Kier molecular flexibility index (Phi) is 37.2. The molecule has 12 heterocycles. The molecule has 12 aromatic heterocycles. The largest absolute Gasteiger partial charge is 0.384 e. The lowest BCUT2D eigenvalue weighted by atomic mass is 9.85. The number of thiazole rings is 4. The molecule has 5 saturated carbocycles. The van der Waals surface area contributed by atoms with Crippen LogP contribution in [0.1, 0.15) is 232 Å². The number of hydrogen-bond donors (Lipinski definition) is 13. The number of pyridine rings is 4. The van der Waals surface area contributed by atoms with Crippen LogP contribution in [-0.2, 0) is 123 Å². The van der Waals surface area contributed by atoms with E-state index in [0.29, 0.717) is 104 Å². The van der Waals surface area contributed by atoms with Crippen molar-refractivity contribution in [2.75, 3.05) is 97.8 Å². The second-order valence-corrected chi connectivity index (χ2v) is 46.0. The van der Waals surface area contributed by atoms with Gasteiger partial charge in [0.15, 0.2) is 20.5 Å². The molecule has 778 valence electrons. The summed E-state index contributed by atoms with van der Waals surface area (Å²) in [4.78, 5) is 137. The van der Waals surface area contributed by atoms with Crippen molar-refractivity contribution < 1.29 is 47.8 Å². The van der Waals surface area contributed by atoms with Crippen molar-refractivity contribution >= 4 is 160 Å². The van der Waals surface area contributed by atoms with Crippen molar-refractivity contribution in [3.63, 3.8) is 0 Å². The highest BCUT2D eigenvalue weighted by atomic mass is 32.1. The first-order valence-electron chi connectivity index (χ1n) is 50.0. The second kappa shape index (κ2) is 50.2. The second-order valence-electron chi connectivity index (χ2n) is 41.6. The lowest BCUT2D eigenvalue weighted by molar-refractivity contribution is -0.122. The van der Waals surface area contributed by atoms with Gasteiger partial charge >= 0.3 is 30.2 Å². The summed E-state index contributed by atoms with van der Waals surface area (Å²) in [6.07, 6.45) is 33.0. The van der Waals surface area contributed by atoms with Gasteiger partial charge in [0, 0.05) is 168 Å².